The van der Waals surface area contributed by atoms with Crippen molar-refractivity contribution >= 4 is 22.4 Å². The van der Waals surface area contributed by atoms with Crippen LogP contribution < -0.4 is 0 Å². The van der Waals surface area contributed by atoms with E-state index in [1.165, 1.54) is 0 Å². The summed E-state index contributed by atoms with van der Waals surface area (Å²) in [5, 5.41) is 17.5. The predicted molar refractivity (Wildman–Crippen MR) is 65.2 cm³/mol. The van der Waals surface area contributed by atoms with Crippen LogP contribution in [0.5, 0.6) is 0 Å². The molecule has 4 nitrogen and oxygen atoms in total. The molecule has 1 atom stereocenters. The fraction of sp³-hybridized carbons (Fsp3) is 0.889. The van der Waals surface area contributed by atoms with E-state index in [9.17, 15) is 9.90 Å². The van der Waals surface area contributed by atoms with E-state index >= 15 is 0 Å². The standard InChI is InChI=1S/C9H22O4Si2/c1-14(2,3)9(12,8(10)11)7-13-15(4,5)6/h12H,7H2,1-6H3,(H,10,11). The topological polar surface area (TPSA) is 66.8 Å². The average molecular weight is 250 g/mol. The lowest BCUT2D eigenvalue weighted by Crippen LogP contribution is -2.62. The first kappa shape index (κ1) is 14.8. The van der Waals surface area contributed by atoms with Gasteiger partial charge in [0, 0.05) is 0 Å². The van der Waals surface area contributed by atoms with E-state index in [-0.39, 0.29) is 6.61 Å². The molecule has 15 heavy (non-hydrogen) atoms. The van der Waals surface area contributed by atoms with Crippen LogP contribution in [0.3, 0.4) is 0 Å². The Hall–Kier alpha value is -0.176. The summed E-state index contributed by atoms with van der Waals surface area (Å²) in [5.41, 5.74) is 0. The highest BCUT2D eigenvalue weighted by Crippen LogP contribution is 2.23. The summed E-state index contributed by atoms with van der Waals surface area (Å²) < 4.78 is 5.53. The number of carboxylic acid groups (broad SMARTS) is 1. The van der Waals surface area contributed by atoms with Crippen molar-refractivity contribution in [2.24, 2.45) is 0 Å². The molecule has 0 saturated heterocycles. The highest BCUT2D eigenvalue weighted by molar-refractivity contribution is 6.82. The van der Waals surface area contributed by atoms with Crippen LogP contribution >= 0.6 is 0 Å². The van der Waals surface area contributed by atoms with Crippen LogP contribution in [-0.2, 0) is 9.22 Å². The van der Waals surface area contributed by atoms with Crippen LogP contribution in [0.2, 0.25) is 39.3 Å². The Balaban J connectivity index is 4.78. The quantitative estimate of drug-likeness (QED) is 0.726. The lowest BCUT2D eigenvalue weighted by atomic mass is 10.4. The normalized spacial score (nSPS) is 17.3. The third kappa shape index (κ3) is 4.06. The molecule has 0 aromatic rings. The third-order valence-corrected chi connectivity index (χ3v) is 6.16. The maximum absolute atomic E-state index is 11.1. The molecule has 1 unspecified atom stereocenters. The second-order valence-electron chi connectivity index (χ2n) is 5.82. The predicted octanol–water partition coefficient (Wildman–Crippen LogP) is 1.53. The highest BCUT2D eigenvalue weighted by atomic mass is 28.4. The first-order valence-corrected chi connectivity index (χ1v) is 11.9. The monoisotopic (exact) mass is 250 g/mol. The van der Waals surface area contributed by atoms with Gasteiger partial charge in [0.1, 0.15) is 0 Å². The molecule has 0 aliphatic heterocycles. The molecule has 0 aromatic heterocycles. The maximum Gasteiger partial charge on any atom is 0.334 e. The molecule has 0 saturated carbocycles. The zero-order valence-electron chi connectivity index (χ0n) is 10.4. The van der Waals surface area contributed by atoms with E-state index < -0.39 is 27.6 Å². The van der Waals surface area contributed by atoms with E-state index in [1.54, 1.807) is 0 Å². The van der Waals surface area contributed by atoms with E-state index in [2.05, 4.69) is 0 Å². The number of carbonyl (C=O) groups is 1. The first-order valence-electron chi connectivity index (χ1n) is 5.00. The van der Waals surface area contributed by atoms with Crippen molar-refractivity contribution in [3.8, 4) is 0 Å². The van der Waals surface area contributed by atoms with E-state index in [0.717, 1.165) is 0 Å². The first-order chi connectivity index (χ1) is 6.40. The minimum atomic E-state index is -2.22. The summed E-state index contributed by atoms with van der Waals surface area (Å²) in [7, 11) is -4.01. The van der Waals surface area contributed by atoms with Crippen LogP contribution in [0.15, 0.2) is 0 Å². The minimum absolute atomic E-state index is 0.0895. The van der Waals surface area contributed by atoms with Crippen molar-refractivity contribution in [1.82, 2.24) is 0 Å². The smallest absolute Gasteiger partial charge is 0.334 e. The van der Waals surface area contributed by atoms with Gasteiger partial charge >= 0.3 is 5.97 Å². The summed E-state index contributed by atoms with van der Waals surface area (Å²) in [6.45, 7) is 11.3. The third-order valence-electron chi connectivity index (χ3n) is 2.31. The Morgan fingerprint density at radius 1 is 1.20 bits per heavy atom. The van der Waals surface area contributed by atoms with Crippen molar-refractivity contribution < 1.29 is 19.4 Å². The van der Waals surface area contributed by atoms with Gasteiger partial charge in [-0.05, 0) is 19.6 Å². The van der Waals surface area contributed by atoms with Crippen molar-refractivity contribution in [3.05, 3.63) is 0 Å². The Morgan fingerprint density at radius 2 is 1.60 bits per heavy atom. The molecular weight excluding hydrogens is 228 g/mol. The number of rotatable bonds is 5. The van der Waals surface area contributed by atoms with E-state index in [1.807, 2.05) is 39.3 Å². The maximum atomic E-state index is 11.1. The Labute approximate surface area is 93.4 Å². The molecule has 0 amide bonds. The van der Waals surface area contributed by atoms with Gasteiger partial charge < -0.3 is 14.6 Å². The molecule has 90 valence electrons. The lowest BCUT2D eigenvalue weighted by Gasteiger charge is -2.36. The number of aliphatic hydroxyl groups is 1. The Kier molecular flexibility index (Phi) is 4.31. The fourth-order valence-electron chi connectivity index (χ4n) is 0.920. The van der Waals surface area contributed by atoms with Gasteiger partial charge in [-0.2, -0.15) is 0 Å². The summed E-state index contributed by atoms with van der Waals surface area (Å²) in [6, 6.07) is 0. The van der Waals surface area contributed by atoms with Gasteiger partial charge in [-0.25, -0.2) is 4.79 Å². The second-order valence-corrected chi connectivity index (χ2v) is 15.7. The summed E-state index contributed by atoms with van der Waals surface area (Å²) >= 11 is 0. The summed E-state index contributed by atoms with van der Waals surface area (Å²) in [6.07, 6.45) is 0. The average Bonchev–Trinajstić information content (AvgIpc) is 1.95. The zero-order chi connectivity index (χ0) is 12.5. The molecule has 0 spiro atoms. The molecule has 0 aliphatic rings. The molecule has 0 rings (SSSR count). The van der Waals surface area contributed by atoms with Crippen molar-refractivity contribution in [2.45, 2.75) is 44.5 Å². The summed E-state index contributed by atoms with van der Waals surface area (Å²) in [4.78, 5) is 11.1. The van der Waals surface area contributed by atoms with Gasteiger partial charge in [0.05, 0.1) is 14.7 Å². The zero-order valence-corrected chi connectivity index (χ0v) is 12.4. The van der Waals surface area contributed by atoms with Gasteiger partial charge in [0.15, 0.2) is 13.5 Å². The fourth-order valence-corrected chi connectivity index (χ4v) is 2.85. The van der Waals surface area contributed by atoms with E-state index in [4.69, 9.17) is 9.53 Å². The Morgan fingerprint density at radius 3 is 1.80 bits per heavy atom. The summed E-state index contributed by atoms with van der Waals surface area (Å²) in [5.74, 6) is -1.17. The number of aliphatic carboxylic acids is 1. The van der Waals surface area contributed by atoms with Gasteiger partial charge in [0.2, 0.25) is 0 Å². The van der Waals surface area contributed by atoms with Gasteiger partial charge in [-0.1, -0.05) is 19.6 Å². The number of hydrogen-bond donors (Lipinski definition) is 2. The van der Waals surface area contributed by atoms with Crippen molar-refractivity contribution in [2.75, 3.05) is 6.61 Å². The van der Waals surface area contributed by atoms with Crippen molar-refractivity contribution in [1.29, 1.82) is 0 Å². The van der Waals surface area contributed by atoms with Crippen LogP contribution in [0, 0.1) is 0 Å². The van der Waals surface area contributed by atoms with Gasteiger partial charge in [-0.3, -0.25) is 0 Å². The molecule has 2 N–H and O–H groups in total. The molecule has 0 aliphatic carbocycles. The van der Waals surface area contributed by atoms with E-state index in [0.29, 0.717) is 0 Å². The van der Waals surface area contributed by atoms with Crippen LogP contribution in [0.25, 0.3) is 0 Å². The number of carboxylic acids is 1. The van der Waals surface area contributed by atoms with Crippen LogP contribution in [0.1, 0.15) is 0 Å². The van der Waals surface area contributed by atoms with Gasteiger partial charge in [0.25, 0.3) is 0 Å². The van der Waals surface area contributed by atoms with Gasteiger partial charge in [-0.15, -0.1) is 0 Å². The molecular formula is C9H22O4Si2. The largest absolute Gasteiger partial charge is 0.479 e. The minimum Gasteiger partial charge on any atom is -0.479 e. The molecule has 0 bridgehead atoms. The second kappa shape index (κ2) is 4.36. The molecule has 0 fully saturated rings. The molecule has 0 radical (unpaired) electrons. The van der Waals surface area contributed by atoms with Crippen LogP contribution in [0.4, 0.5) is 0 Å². The van der Waals surface area contributed by atoms with Crippen LogP contribution in [-0.4, -0.2) is 44.4 Å². The Bertz CT molecular complexity index is 241. The molecule has 0 heterocycles. The highest BCUT2D eigenvalue weighted by Gasteiger charge is 2.49. The molecule has 0 aromatic carbocycles. The SMILES string of the molecule is C[Si](C)(C)OCC(O)(C(=O)O)[Si](C)(C)C. The number of hydrogen-bond acceptors (Lipinski definition) is 3. The van der Waals surface area contributed by atoms with Crippen molar-refractivity contribution in [3.63, 3.8) is 0 Å². The lowest BCUT2D eigenvalue weighted by molar-refractivity contribution is -0.153. The molecule has 6 heteroatoms.